The van der Waals surface area contributed by atoms with Crippen molar-refractivity contribution in [2.45, 2.75) is 18.0 Å². The lowest BCUT2D eigenvalue weighted by atomic mass is 10.2. The minimum atomic E-state index is -1.12. The maximum absolute atomic E-state index is 13.6. The van der Waals surface area contributed by atoms with E-state index >= 15 is 0 Å². The number of carbonyl (C=O) groups excluding carboxylic acids is 1. The molecule has 7 heteroatoms. The van der Waals surface area contributed by atoms with Gasteiger partial charge in [-0.25, -0.2) is 9.37 Å². The van der Waals surface area contributed by atoms with E-state index < -0.39 is 11.8 Å². The molecule has 0 spiro atoms. The fourth-order valence-corrected chi connectivity index (χ4v) is 3.38. The topological polar surface area (TPSA) is 75.0 Å². The Kier molecular flexibility index (Phi) is 5.14. The maximum Gasteiger partial charge on any atom is 0.266 e. The van der Waals surface area contributed by atoms with Gasteiger partial charge in [0.05, 0.1) is 16.6 Å². The van der Waals surface area contributed by atoms with Gasteiger partial charge < -0.3 is 9.90 Å². The van der Waals surface area contributed by atoms with Crippen LogP contribution in [0, 0.1) is 5.82 Å². The first-order valence-electron chi connectivity index (χ1n) is 7.66. The molecule has 0 aliphatic carbocycles. The number of thioether (sulfide) groups is 1. The molecule has 0 amide bonds. The van der Waals surface area contributed by atoms with Gasteiger partial charge in [-0.15, -0.1) is 0 Å². The normalized spacial score (nSPS) is 10.9. The predicted molar refractivity (Wildman–Crippen MR) is 92.3 cm³/mol. The molecular weight excluding hydrogens is 343 g/mol. The number of carbonyl (C=O) groups is 1. The summed E-state index contributed by atoms with van der Waals surface area (Å²) in [4.78, 5) is 27.9. The fourth-order valence-electron chi connectivity index (χ4n) is 2.43. The lowest BCUT2D eigenvalue weighted by molar-refractivity contribution is -0.305. The highest BCUT2D eigenvalue weighted by Gasteiger charge is 2.13. The van der Waals surface area contributed by atoms with Gasteiger partial charge in [-0.1, -0.05) is 30.0 Å². The minimum Gasteiger partial charge on any atom is -0.550 e. The molecule has 0 bridgehead atoms. The summed E-state index contributed by atoms with van der Waals surface area (Å²) in [6, 6.07) is 12.7. The van der Waals surface area contributed by atoms with Crippen molar-refractivity contribution < 1.29 is 14.3 Å². The second-order valence-corrected chi connectivity index (χ2v) is 6.42. The number of rotatable bonds is 6. The van der Waals surface area contributed by atoms with E-state index in [2.05, 4.69) is 4.98 Å². The first-order valence-corrected chi connectivity index (χ1v) is 8.65. The summed E-state index contributed by atoms with van der Waals surface area (Å²) in [6.07, 6.45) is 0.323. The first kappa shape index (κ1) is 17.2. The summed E-state index contributed by atoms with van der Waals surface area (Å²) in [5, 5.41) is 11.4. The van der Waals surface area contributed by atoms with Gasteiger partial charge in [-0.2, -0.15) is 0 Å². The quantitative estimate of drug-likeness (QED) is 0.384. The minimum absolute atomic E-state index is 0.0647. The van der Waals surface area contributed by atoms with Crippen LogP contribution in [0.15, 0.2) is 58.5 Å². The molecule has 1 heterocycles. The van der Waals surface area contributed by atoms with Gasteiger partial charge >= 0.3 is 0 Å². The van der Waals surface area contributed by atoms with E-state index in [0.29, 0.717) is 33.9 Å². The van der Waals surface area contributed by atoms with Crippen LogP contribution in [-0.2, 0) is 4.79 Å². The number of carboxylic acids is 1. The Hall–Kier alpha value is -2.67. The fraction of sp³-hybridized carbons (Fsp3) is 0.167. The van der Waals surface area contributed by atoms with E-state index in [4.69, 9.17) is 0 Å². The summed E-state index contributed by atoms with van der Waals surface area (Å²) in [5.41, 5.74) is 0.631. The van der Waals surface area contributed by atoms with E-state index in [0.717, 1.165) is 0 Å². The Morgan fingerprint density at radius 2 is 2.00 bits per heavy atom. The Labute approximate surface area is 147 Å². The van der Waals surface area contributed by atoms with Crippen molar-refractivity contribution in [3.63, 3.8) is 0 Å². The highest BCUT2D eigenvalue weighted by molar-refractivity contribution is 7.99. The molecule has 2 aromatic carbocycles. The Balaban J connectivity index is 2.08. The zero-order chi connectivity index (χ0) is 17.8. The van der Waals surface area contributed by atoms with Gasteiger partial charge in [0.15, 0.2) is 5.16 Å². The predicted octanol–water partition coefficient (Wildman–Crippen LogP) is 2.15. The summed E-state index contributed by atoms with van der Waals surface area (Å²) in [7, 11) is 0. The Bertz CT molecular complexity index is 987. The van der Waals surface area contributed by atoms with Crippen molar-refractivity contribution in [1.29, 1.82) is 0 Å². The highest BCUT2D eigenvalue weighted by Crippen LogP contribution is 2.22. The van der Waals surface area contributed by atoms with Crippen LogP contribution < -0.4 is 10.7 Å². The monoisotopic (exact) mass is 357 g/mol. The second kappa shape index (κ2) is 7.48. The van der Waals surface area contributed by atoms with Gasteiger partial charge in [0.2, 0.25) is 0 Å². The number of carboxylic acid groups (broad SMARTS) is 1. The lowest BCUT2D eigenvalue weighted by Crippen LogP contribution is -2.22. The van der Waals surface area contributed by atoms with E-state index in [-0.39, 0.29) is 12.0 Å². The number of hydrogen-bond acceptors (Lipinski definition) is 5. The molecule has 0 atom stereocenters. The van der Waals surface area contributed by atoms with Crippen LogP contribution in [0.4, 0.5) is 4.39 Å². The van der Waals surface area contributed by atoms with Crippen molar-refractivity contribution in [1.82, 2.24) is 9.55 Å². The van der Waals surface area contributed by atoms with Crippen molar-refractivity contribution in [2.75, 3.05) is 5.75 Å². The number of aliphatic carboxylic acids is 1. The molecule has 0 aliphatic rings. The number of halogens is 1. The molecule has 5 nitrogen and oxygen atoms in total. The molecule has 0 saturated heterocycles. The van der Waals surface area contributed by atoms with E-state index in [1.54, 1.807) is 30.3 Å². The van der Waals surface area contributed by atoms with E-state index in [9.17, 15) is 19.1 Å². The molecule has 3 rings (SSSR count). The third-order valence-corrected chi connectivity index (χ3v) is 4.59. The molecule has 0 N–H and O–H groups in total. The number of aromatic nitrogens is 2. The number of para-hydroxylation sites is 1. The average molecular weight is 357 g/mol. The third-order valence-electron chi connectivity index (χ3n) is 3.57. The van der Waals surface area contributed by atoms with Gasteiger partial charge in [-0.3, -0.25) is 9.36 Å². The largest absolute Gasteiger partial charge is 0.550 e. The molecule has 128 valence electrons. The van der Waals surface area contributed by atoms with Crippen molar-refractivity contribution in [3.8, 4) is 5.69 Å². The van der Waals surface area contributed by atoms with Gasteiger partial charge in [-0.05, 0) is 43.2 Å². The zero-order valence-electron chi connectivity index (χ0n) is 13.1. The number of nitrogens with zero attached hydrogens (tertiary/aromatic N) is 2. The van der Waals surface area contributed by atoms with Crippen LogP contribution >= 0.6 is 11.8 Å². The molecule has 0 unspecified atom stereocenters. The van der Waals surface area contributed by atoms with Crippen LogP contribution in [0.2, 0.25) is 0 Å². The number of fused-ring (bicyclic) bond motifs is 1. The van der Waals surface area contributed by atoms with Crippen LogP contribution in [0.25, 0.3) is 16.6 Å². The van der Waals surface area contributed by atoms with E-state index in [1.165, 1.54) is 34.5 Å². The summed E-state index contributed by atoms with van der Waals surface area (Å²) in [5.74, 6) is -1.12. The van der Waals surface area contributed by atoms with Crippen LogP contribution in [0.1, 0.15) is 12.8 Å². The van der Waals surface area contributed by atoms with Crippen molar-refractivity contribution >= 4 is 28.6 Å². The van der Waals surface area contributed by atoms with E-state index in [1.807, 2.05) is 0 Å². The smallest absolute Gasteiger partial charge is 0.266 e. The zero-order valence-corrected chi connectivity index (χ0v) is 14.0. The van der Waals surface area contributed by atoms with Crippen LogP contribution in [-0.4, -0.2) is 21.3 Å². The SMILES string of the molecule is O=C([O-])CCCSc1nc2ccccc2c(=O)n1-c1cccc(F)c1. The highest BCUT2D eigenvalue weighted by atomic mass is 32.2. The van der Waals surface area contributed by atoms with Crippen LogP contribution in [0.3, 0.4) is 0 Å². The van der Waals surface area contributed by atoms with Crippen molar-refractivity contribution in [3.05, 3.63) is 64.7 Å². The van der Waals surface area contributed by atoms with Gasteiger partial charge in [0.1, 0.15) is 5.82 Å². The number of benzene rings is 2. The Morgan fingerprint density at radius 1 is 1.20 bits per heavy atom. The molecule has 0 fully saturated rings. The van der Waals surface area contributed by atoms with Gasteiger partial charge in [0.25, 0.3) is 5.56 Å². The second-order valence-electron chi connectivity index (χ2n) is 5.36. The summed E-state index contributed by atoms with van der Waals surface area (Å²) < 4.78 is 15.0. The molecule has 1 aromatic heterocycles. The van der Waals surface area contributed by atoms with Crippen LogP contribution in [0.5, 0.6) is 0 Å². The maximum atomic E-state index is 13.6. The third kappa shape index (κ3) is 3.88. The summed E-state index contributed by atoms with van der Waals surface area (Å²) in [6.45, 7) is 0. The Morgan fingerprint density at radius 3 is 2.76 bits per heavy atom. The van der Waals surface area contributed by atoms with Crippen molar-refractivity contribution in [2.24, 2.45) is 0 Å². The van der Waals surface area contributed by atoms with Gasteiger partial charge in [0, 0.05) is 11.7 Å². The summed E-state index contributed by atoms with van der Waals surface area (Å²) >= 11 is 1.26. The average Bonchev–Trinajstić information content (AvgIpc) is 2.59. The molecule has 0 radical (unpaired) electrons. The standard InChI is InChI=1S/C18H15FN2O3S/c19-12-5-3-6-13(11-12)21-17(24)14-7-1-2-8-15(14)20-18(21)25-10-4-9-16(22)23/h1-3,5-8,11H,4,9-10H2,(H,22,23)/p-1. The molecule has 25 heavy (non-hydrogen) atoms. The molecular formula is C18H14FN2O3S-. The lowest BCUT2D eigenvalue weighted by Gasteiger charge is -2.13. The number of hydrogen-bond donors (Lipinski definition) is 0. The molecule has 0 aliphatic heterocycles. The molecule has 0 saturated carbocycles. The first-order chi connectivity index (χ1) is 12.1. The molecule has 3 aromatic rings.